The van der Waals surface area contributed by atoms with E-state index >= 15 is 0 Å². The van der Waals surface area contributed by atoms with E-state index in [0.29, 0.717) is 22.4 Å². The van der Waals surface area contributed by atoms with Gasteiger partial charge in [-0.1, -0.05) is 55.5 Å². The van der Waals surface area contributed by atoms with Crippen molar-refractivity contribution in [3.8, 4) is 11.4 Å². The summed E-state index contributed by atoms with van der Waals surface area (Å²) >= 11 is 0. The van der Waals surface area contributed by atoms with E-state index in [-0.39, 0.29) is 11.4 Å². The first-order valence-corrected chi connectivity index (χ1v) is 11.0. The highest BCUT2D eigenvalue weighted by molar-refractivity contribution is 5.95. The number of halogens is 3. The van der Waals surface area contributed by atoms with Gasteiger partial charge in [0.15, 0.2) is 5.82 Å². The molecule has 34 heavy (non-hydrogen) atoms. The SMILES string of the molecule is C=C(Nc1nc(-c2ccccc2C(F)(F)F)nc2ccccc12)c1cc(C)ccc1NCCC. The van der Waals surface area contributed by atoms with Crippen LogP contribution >= 0.6 is 0 Å². The Hall–Kier alpha value is -3.87. The maximum absolute atomic E-state index is 13.7. The van der Waals surface area contributed by atoms with Crippen LogP contribution in [0.3, 0.4) is 0 Å². The van der Waals surface area contributed by atoms with Gasteiger partial charge in [-0.15, -0.1) is 0 Å². The van der Waals surface area contributed by atoms with E-state index in [1.165, 1.54) is 12.1 Å². The number of aryl methyl sites for hydroxylation is 1. The highest BCUT2D eigenvalue weighted by Crippen LogP contribution is 2.37. The van der Waals surface area contributed by atoms with Crippen molar-refractivity contribution < 1.29 is 13.2 Å². The van der Waals surface area contributed by atoms with Crippen LogP contribution < -0.4 is 10.6 Å². The third-order valence-corrected chi connectivity index (χ3v) is 5.41. The molecule has 3 aromatic carbocycles. The number of alkyl halides is 3. The van der Waals surface area contributed by atoms with Gasteiger partial charge in [0.2, 0.25) is 0 Å². The number of hydrogen-bond acceptors (Lipinski definition) is 4. The number of rotatable bonds is 7. The van der Waals surface area contributed by atoms with Crippen molar-refractivity contribution in [1.29, 1.82) is 0 Å². The molecule has 0 aliphatic carbocycles. The van der Waals surface area contributed by atoms with Gasteiger partial charge in [-0.25, -0.2) is 9.97 Å². The molecule has 174 valence electrons. The quantitative estimate of drug-likeness (QED) is 0.298. The number of hydrogen-bond donors (Lipinski definition) is 2. The van der Waals surface area contributed by atoms with Gasteiger partial charge < -0.3 is 10.6 Å². The van der Waals surface area contributed by atoms with Crippen molar-refractivity contribution in [3.05, 3.63) is 90.0 Å². The first-order valence-electron chi connectivity index (χ1n) is 11.0. The molecule has 0 fully saturated rings. The molecule has 7 heteroatoms. The summed E-state index contributed by atoms with van der Waals surface area (Å²) in [5.74, 6) is 0.390. The number of anilines is 2. The van der Waals surface area contributed by atoms with Crippen molar-refractivity contribution in [2.24, 2.45) is 0 Å². The molecule has 4 rings (SSSR count). The van der Waals surface area contributed by atoms with Crippen molar-refractivity contribution in [1.82, 2.24) is 9.97 Å². The summed E-state index contributed by atoms with van der Waals surface area (Å²) in [6, 6.07) is 18.6. The average molecular weight is 463 g/mol. The largest absolute Gasteiger partial charge is 0.417 e. The molecule has 4 aromatic rings. The topological polar surface area (TPSA) is 49.8 Å². The molecule has 0 aliphatic rings. The highest BCUT2D eigenvalue weighted by Gasteiger charge is 2.34. The van der Waals surface area contributed by atoms with Crippen LogP contribution in [-0.2, 0) is 6.18 Å². The molecule has 0 amide bonds. The van der Waals surface area contributed by atoms with E-state index in [9.17, 15) is 13.2 Å². The molecule has 0 atom stereocenters. The minimum absolute atomic E-state index is 0.00417. The monoisotopic (exact) mass is 462 g/mol. The molecule has 0 aliphatic heterocycles. The molecule has 4 nitrogen and oxygen atoms in total. The lowest BCUT2D eigenvalue weighted by molar-refractivity contribution is -0.137. The summed E-state index contributed by atoms with van der Waals surface area (Å²) in [7, 11) is 0. The molecular weight excluding hydrogens is 437 g/mol. The number of nitrogens with zero attached hydrogens (tertiary/aromatic N) is 2. The normalized spacial score (nSPS) is 11.4. The van der Waals surface area contributed by atoms with Gasteiger partial charge in [0.05, 0.1) is 11.1 Å². The van der Waals surface area contributed by atoms with Crippen LogP contribution in [0.4, 0.5) is 24.7 Å². The van der Waals surface area contributed by atoms with Gasteiger partial charge in [-0.2, -0.15) is 13.2 Å². The third-order valence-electron chi connectivity index (χ3n) is 5.41. The number of aromatic nitrogens is 2. The lowest BCUT2D eigenvalue weighted by Gasteiger charge is -2.18. The van der Waals surface area contributed by atoms with Gasteiger partial charge in [0.1, 0.15) is 5.82 Å². The van der Waals surface area contributed by atoms with Crippen molar-refractivity contribution in [2.45, 2.75) is 26.4 Å². The standard InChI is InChI=1S/C27H25F3N4/c1-4-15-31-23-14-13-17(2)16-21(23)18(3)32-26-20-10-6-8-12-24(20)33-25(34-26)19-9-5-7-11-22(19)27(28,29)30/h5-14,16,31H,3-4,15H2,1-2H3,(H,32,33,34). The summed E-state index contributed by atoms with van der Waals surface area (Å²) in [6.45, 7) is 9.09. The fourth-order valence-electron chi connectivity index (χ4n) is 3.75. The number of fused-ring (bicyclic) bond motifs is 1. The fourth-order valence-corrected chi connectivity index (χ4v) is 3.75. The smallest absolute Gasteiger partial charge is 0.385 e. The van der Waals surface area contributed by atoms with E-state index in [1.807, 2.05) is 37.3 Å². The van der Waals surface area contributed by atoms with Crippen molar-refractivity contribution in [3.63, 3.8) is 0 Å². The van der Waals surface area contributed by atoms with E-state index < -0.39 is 11.7 Å². The van der Waals surface area contributed by atoms with E-state index in [1.54, 1.807) is 18.2 Å². The third kappa shape index (κ3) is 4.88. The summed E-state index contributed by atoms with van der Waals surface area (Å²) in [5.41, 5.74) is 3.12. The summed E-state index contributed by atoms with van der Waals surface area (Å²) in [5, 5.41) is 7.33. The highest BCUT2D eigenvalue weighted by atomic mass is 19.4. The Kier molecular flexibility index (Phi) is 6.54. The molecule has 0 radical (unpaired) electrons. The summed E-state index contributed by atoms with van der Waals surface area (Å²) in [4.78, 5) is 8.96. The second-order valence-electron chi connectivity index (χ2n) is 8.04. The Morgan fingerprint density at radius 3 is 2.47 bits per heavy atom. The maximum Gasteiger partial charge on any atom is 0.417 e. The molecule has 0 saturated heterocycles. The molecule has 0 saturated carbocycles. The molecule has 2 N–H and O–H groups in total. The summed E-state index contributed by atoms with van der Waals surface area (Å²) in [6.07, 6.45) is -3.56. The van der Waals surface area contributed by atoms with Crippen LogP contribution in [0.2, 0.25) is 0 Å². The van der Waals surface area contributed by atoms with Crippen LogP contribution in [0.1, 0.15) is 30.0 Å². The Balaban J connectivity index is 1.81. The van der Waals surface area contributed by atoms with Gasteiger partial charge in [0, 0.05) is 34.4 Å². The predicted octanol–water partition coefficient (Wildman–Crippen LogP) is 7.53. The minimum Gasteiger partial charge on any atom is -0.385 e. The average Bonchev–Trinajstić information content (AvgIpc) is 2.82. The van der Waals surface area contributed by atoms with Gasteiger partial charge in [-0.3, -0.25) is 0 Å². The second kappa shape index (κ2) is 9.55. The molecular formula is C27H25F3N4. The van der Waals surface area contributed by atoms with Crippen LogP contribution in [0.15, 0.2) is 73.3 Å². The van der Waals surface area contributed by atoms with Gasteiger partial charge in [-0.05, 0) is 43.7 Å². The van der Waals surface area contributed by atoms with Crippen LogP contribution in [0, 0.1) is 6.92 Å². The predicted molar refractivity (Wildman–Crippen MR) is 133 cm³/mol. The zero-order valence-corrected chi connectivity index (χ0v) is 19.0. The Labute approximate surface area is 196 Å². The molecule has 0 bridgehead atoms. The zero-order chi connectivity index (χ0) is 24.3. The first kappa shape index (κ1) is 23.3. The minimum atomic E-state index is -4.52. The number of nitrogens with one attached hydrogen (secondary N) is 2. The van der Waals surface area contributed by atoms with Gasteiger partial charge in [0.25, 0.3) is 0 Å². The Bertz CT molecular complexity index is 1350. The zero-order valence-electron chi connectivity index (χ0n) is 19.0. The lowest BCUT2D eigenvalue weighted by atomic mass is 10.1. The van der Waals surface area contributed by atoms with Crippen LogP contribution in [0.25, 0.3) is 28.0 Å². The lowest BCUT2D eigenvalue weighted by Crippen LogP contribution is -2.10. The first-order chi connectivity index (χ1) is 16.3. The Morgan fingerprint density at radius 2 is 1.71 bits per heavy atom. The second-order valence-corrected chi connectivity index (χ2v) is 8.04. The maximum atomic E-state index is 13.7. The number of para-hydroxylation sites is 1. The fraction of sp³-hybridized carbons (Fsp3) is 0.185. The molecule has 1 heterocycles. The number of benzene rings is 3. The van der Waals surface area contributed by atoms with Crippen LogP contribution in [0.5, 0.6) is 0 Å². The van der Waals surface area contributed by atoms with Crippen molar-refractivity contribution in [2.75, 3.05) is 17.2 Å². The van der Waals surface area contributed by atoms with E-state index in [4.69, 9.17) is 0 Å². The Morgan fingerprint density at radius 1 is 0.971 bits per heavy atom. The van der Waals surface area contributed by atoms with E-state index in [0.717, 1.165) is 35.8 Å². The molecule has 0 spiro atoms. The molecule has 0 unspecified atom stereocenters. The summed E-state index contributed by atoms with van der Waals surface area (Å²) < 4.78 is 41.0. The van der Waals surface area contributed by atoms with Gasteiger partial charge >= 0.3 is 6.18 Å². The van der Waals surface area contributed by atoms with Crippen molar-refractivity contribution >= 4 is 28.1 Å². The van der Waals surface area contributed by atoms with Crippen LogP contribution in [-0.4, -0.2) is 16.5 Å². The van der Waals surface area contributed by atoms with E-state index in [2.05, 4.69) is 34.1 Å². The molecule has 1 aromatic heterocycles.